The van der Waals surface area contributed by atoms with Crippen LogP contribution in [-0.4, -0.2) is 54.0 Å². The second-order valence-electron chi connectivity index (χ2n) is 7.05. The Bertz CT molecular complexity index is 802. The van der Waals surface area contributed by atoms with Crippen molar-refractivity contribution in [1.29, 1.82) is 0 Å². The number of carbonyl (C=O) groups is 2. The Balaban J connectivity index is 1.44. The van der Waals surface area contributed by atoms with E-state index < -0.39 is 6.10 Å². The summed E-state index contributed by atoms with van der Waals surface area (Å²) in [4.78, 5) is 28.5. The van der Waals surface area contributed by atoms with E-state index in [-0.39, 0.29) is 11.9 Å². The first-order valence-corrected chi connectivity index (χ1v) is 9.60. The molecule has 1 aliphatic rings. The molecule has 28 heavy (non-hydrogen) atoms. The average Bonchev–Trinajstić information content (AvgIpc) is 2.72. The van der Waals surface area contributed by atoms with Crippen LogP contribution in [0.4, 0.5) is 10.5 Å². The molecule has 6 heteroatoms. The first-order valence-electron chi connectivity index (χ1n) is 9.60. The molecule has 1 unspecified atom stereocenters. The molecule has 148 valence electrons. The minimum Gasteiger partial charge on any atom is -0.364 e. The zero-order valence-electron chi connectivity index (χ0n) is 16.4. The largest absolute Gasteiger partial charge is 0.364 e. The highest BCUT2D eigenvalue weighted by molar-refractivity contribution is 5.89. The third-order valence-electron chi connectivity index (χ3n) is 4.84. The lowest BCUT2D eigenvalue weighted by Gasteiger charge is -2.35. The Kier molecular flexibility index (Phi) is 6.66. The summed E-state index contributed by atoms with van der Waals surface area (Å²) in [6, 6.07) is 17.4. The van der Waals surface area contributed by atoms with Crippen molar-refractivity contribution in [2.75, 3.05) is 31.5 Å². The van der Waals surface area contributed by atoms with Gasteiger partial charge in [0.25, 0.3) is 5.91 Å². The molecule has 0 saturated carbocycles. The molecule has 1 N–H and O–H groups in total. The summed E-state index contributed by atoms with van der Waals surface area (Å²) in [5.41, 5.74) is 2.92. The third-order valence-corrected chi connectivity index (χ3v) is 4.84. The van der Waals surface area contributed by atoms with Gasteiger partial charge in [-0.25, -0.2) is 4.79 Å². The van der Waals surface area contributed by atoms with Crippen LogP contribution >= 0.6 is 0 Å². The van der Waals surface area contributed by atoms with Crippen LogP contribution < -0.4 is 5.32 Å². The number of hydrogen-bond acceptors (Lipinski definition) is 3. The van der Waals surface area contributed by atoms with Crippen LogP contribution in [0.1, 0.15) is 18.1 Å². The highest BCUT2D eigenvalue weighted by Gasteiger charge is 2.27. The highest BCUT2D eigenvalue weighted by Crippen LogP contribution is 2.13. The molecule has 1 fully saturated rings. The molecule has 0 radical (unpaired) electrons. The Hall–Kier alpha value is -2.86. The second kappa shape index (κ2) is 9.37. The number of piperazine rings is 1. The van der Waals surface area contributed by atoms with Crippen LogP contribution in [0.15, 0.2) is 54.6 Å². The van der Waals surface area contributed by atoms with Crippen molar-refractivity contribution < 1.29 is 14.3 Å². The lowest BCUT2D eigenvalue weighted by Crippen LogP contribution is -2.53. The molecule has 0 aliphatic carbocycles. The van der Waals surface area contributed by atoms with Gasteiger partial charge in [0, 0.05) is 31.9 Å². The number of rotatable bonds is 5. The Morgan fingerprint density at radius 2 is 1.68 bits per heavy atom. The second-order valence-corrected chi connectivity index (χ2v) is 7.05. The number of benzene rings is 2. The van der Waals surface area contributed by atoms with Crippen LogP contribution in [0.25, 0.3) is 0 Å². The van der Waals surface area contributed by atoms with E-state index in [0.29, 0.717) is 32.8 Å². The van der Waals surface area contributed by atoms with E-state index >= 15 is 0 Å². The quantitative estimate of drug-likeness (QED) is 0.865. The van der Waals surface area contributed by atoms with Gasteiger partial charge in [0.05, 0.1) is 6.61 Å². The third kappa shape index (κ3) is 5.33. The first-order chi connectivity index (χ1) is 13.5. The molecule has 1 aliphatic heterocycles. The predicted octanol–water partition coefficient (Wildman–Crippen LogP) is 3.28. The van der Waals surface area contributed by atoms with E-state index in [1.54, 1.807) is 16.7 Å². The summed E-state index contributed by atoms with van der Waals surface area (Å²) < 4.78 is 5.72. The Labute approximate surface area is 166 Å². The smallest absolute Gasteiger partial charge is 0.321 e. The fourth-order valence-electron chi connectivity index (χ4n) is 3.18. The molecular formula is C22H27N3O3. The topological polar surface area (TPSA) is 61.9 Å². The van der Waals surface area contributed by atoms with Gasteiger partial charge in [-0.3, -0.25) is 4.79 Å². The SMILES string of the molecule is Cc1cccc(NC(=O)N2CCN(C(=O)C(C)OCc3ccccc3)CC2)c1. The summed E-state index contributed by atoms with van der Waals surface area (Å²) in [6.45, 7) is 6.22. The predicted molar refractivity (Wildman–Crippen MR) is 109 cm³/mol. The summed E-state index contributed by atoms with van der Waals surface area (Å²) in [6.07, 6.45) is -0.507. The minimum atomic E-state index is -0.507. The highest BCUT2D eigenvalue weighted by atomic mass is 16.5. The average molecular weight is 381 g/mol. The van der Waals surface area contributed by atoms with E-state index in [1.165, 1.54) is 0 Å². The van der Waals surface area contributed by atoms with Crippen molar-refractivity contribution in [3.63, 3.8) is 0 Å². The molecular weight excluding hydrogens is 354 g/mol. The van der Waals surface area contributed by atoms with Crippen molar-refractivity contribution in [3.05, 3.63) is 65.7 Å². The summed E-state index contributed by atoms with van der Waals surface area (Å²) in [5, 5.41) is 2.92. The van der Waals surface area contributed by atoms with Gasteiger partial charge in [-0.1, -0.05) is 42.5 Å². The van der Waals surface area contributed by atoms with Gasteiger partial charge in [0.2, 0.25) is 0 Å². The van der Waals surface area contributed by atoms with Gasteiger partial charge < -0.3 is 19.9 Å². The van der Waals surface area contributed by atoms with Crippen molar-refractivity contribution in [2.24, 2.45) is 0 Å². The zero-order chi connectivity index (χ0) is 19.9. The number of aryl methyl sites for hydroxylation is 1. The number of hydrogen-bond donors (Lipinski definition) is 1. The van der Waals surface area contributed by atoms with Crippen molar-refractivity contribution in [3.8, 4) is 0 Å². The fourth-order valence-corrected chi connectivity index (χ4v) is 3.18. The molecule has 2 aromatic rings. The van der Waals surface area contributed by atoms with E-state index in [4.69, 9.17) is 4.74 Å². The maximum atomic E-state index is 12.6. The molecule has 1 atom stereocenters. The fraction of sp³-hybridized carbons (Fsp3) is 0.364. The summed E-state index contributed by atoms with van der Waals surface area (Å²) in [7, 11) is 0. The lowest BCUT2D eigenvalue weighted by atomic mass is 10.2. The molecule has 3 rings (SSSR count). The van der Waals surface area contributed by atoms with E-state index in [1.807, 2.05) is 61.5 Å². The van der Waals surface area contributed by atoms with E-state index in [2.05, 4.69) is 5.32 Å². The monoisotopic (exact) mass is 381 g/mol. The number of urea groups is 1. The molecule has 0 bridgehead atoms. The molecule has 6 nitrogen and oxygen atoms in total. The molecule has 3 amide bonds. The summed E-state index contributed by atoms with van der Waals surface area (Å²) in [5.74, 6) is -0.0327. The van der Waals surface area contributed by atoms with E-state index in [0.717, 1.165) is 16.8 Å². The maximum absolute atomic E-state index is 12.6. The molecule has 0 spiro atoms. The van der Waals surface area contributed by atoms with Gasteiger partial charge in [-0.2, -0.15) is 0 Å². The van der Waals surface area contributed by atoms with Gasteiger partial charge >= 0.3 is 6.03 Å². The van der Waals surface area contributed by atoms with Crippen LogP contribution in [0.3, 0.4) is 0 Å². The number of ether oxygens (including phenoxy) is 1. The number of nitrogens with one attached hydrogen (secondary N) is 1. The lowest BCUT2D eigenvalue weighted by molar-refractivity contribution is -0.144. The van der Waals surface area contributed by atoms with Crippen molar-refractivity contribution in [1.82, 2.24) is 9.80 Å². The number of nitrogens with zero attached hydrogens (tertiary/aromatic N) is 2. The summed E-state index contributed by atoms with van der Waals surface area (Å²) >= 11 is 0. The van der Waals surface area contributed by atoms with Gasteiger partial charge in [-0.15, -0.1) is 0 Å². The molecule has 2 aromatic carbocycles. The van der Waals surface area contributed by atoms with Crippen molar-refractivity contribution >= 4 is 17.6 Å². The number of anilines is 1. The first kappa shape index (κ1) is 19.9. The number of carbonyl (C=O) groups excluding carboxylic acids is 2. The maximum Gasteiger partial charge on any atom is 0.321 e. The van der Waals surface area contributed by atoms with Crippen molar-refractivity contribution in [2.45, 2.75) is 26.6 Å². The van der Waals surface area contributed by atoms with Crippen LogP contribution in [0.5, 0.6) is 0 Å². The zero-order valence-corrected chi connectivity index (χ0v) is 16.4. The Morgan fingerprint density at radius 1 is 1.00 bits per heavy atom. The Morgan fingerprint density at radius 3 is 2.36 bits per heavy atom. The van der Waals surface area contributed by atoms with Crippen LogP contribution in [-0.2, 0) is 16.1 Å². The molecule has 0 aromatic heterocycles. The van der Waals surface area contributed by atoms with E-state index in [9.17, 15) is 9.59 Å². The van der Waals surface area contributed by atoms with Gasteiger partial charge in [-0.05, 0) is 37.1 Å². The van der Waals surface area contributed by atoms with Gasteiger partial charge in [0.1, 0.15) is 6.10 Å². The van der Waals surface area contributed by atoms with Crippen LogP contribution in [0, 0.1) is 6.92 Å². The minimum absolute atomic E-state index is 0.0327. The number of amides is 3. The van der Waals surface area contributed by atoms with Gasteiger partial charge in [0.15, 0.2) is 0 Å². The van der Waals surface area contributed by atoms with Crippen LogP contribution in [0.2, 0.25) is 0 Å². The normalized spacial score (nSPS) is 15.2. The molecule has 1 saturated heterocycles. The standard InChI is InChI=1S/C22H27N3O3/c1-17-7-6-10-20(15-17)23-22(27)25-13-11-24(12-14-25)21(26)18(2)28-16-19-8-4-3-5-9-19/h3-10,15,18H,11-14,16H2,1-2H3,(H,23,27). The molecule has 1 heterocycles.